The van der Waals surface area contributed by atoms with Crippen LogP contribution in [0.25, 0.3) is 6.08 Å². The molecule has 0 saturated carbocycles. The fraction of sp³-hybridized carbons (Fsp3) is 0.111. The lowest BCUT2D eigenvalue weighted by molar-refractivity contribution is 0.0985. The van der Waals surface area contributed by atoms with Crippen molar-refractivity contribution in [3.63, 3.8) is 0 Å². The third-order valence-electron chi connectivity index (χ3n) is 3.64. The molecule has 0 bridgehead atoms. The predicted molar refractivity (Wildman–Crippen MR) is 82.9 cm³/mol. The van der Waals surface area contributed by atoms with Crippen molar-refractivity contribution in [3.05, 3.63) is 71.3 Å². The molecule has 2 aromatic rings. The summed E-state index contributed by atoms with van der Waals surface area (Å²) < 4.78 is 12.6. The van der Waals surface area contributed by atoms with E-state index >= 15 is 0 Å². The van der Waals surface area contributed by atoms with Gasteiger partial charge in [-0.15, -0.1) is 0 Å². The lowest BCUT2D eigenvalue weighted by Gasteiger charge is -2.30. The van der Waals surface area contributed by atoms with Crippen LogP contribution >= 0.6 is 0 Å². The van der Waals surface area contributed by atoms with E-state index in [4.69, 9.17) is 0 Å². The quantitative estimate of drug-likeness (QED) is 0.846. The van der Waals surface area contributed by atoms with Crippen molar-refractivity contribution < 1.29 is 9.18 Å². The summed E-state index contributed by atoms with van der Waals surface area (Å²) in [5.74, 6) is -0.270. The predicted octanol–water partition coefficient (Wildman–Crippen LogP) is 3.72. The minimum absolute atomic E-state index is 0.270. The molecule has 0 radical (unpaired) electrons. The standard InChI is InChI=1S/C18H13FN2O/c19-11-13-5-7-15(8-6-13)18(22)21-16(12-20)10-9-14-3-1-2-4-17(14)21/h1-10,16H,11H2. The lowest BCUT2D eigenvalue weighted by Crippen LogP contribution is -2.40. The molecule has 0 N–H and O–H groups in total. The Labute approximate surface area is 127 Å². The summed E-state index contributed by atoms with van der Waals surface area (Å²) in [5, 5.41) is 9.32. The van der Waals surface area contributed by atoms with Gasteiger partial charge in [0.2, 0.25) is 0 Å². The molecule has 1 amide bonds. The van der Waals surface area contributed by atoms with Crippen LogP contribution in [0.3, 0.4) is 0 Å². The number of benzene rings is 2. The van der Waals surface area contributed by atoms with Crippen molar-refractivity contribution in [1.29, 1.82) is 5.26 Å². The SMILES string of the molecule is N#CC1C=Cc2ccccc2N1C(=O)c1ccc(CF)cc1. The minimum Gasteiger partial charge on any atom is -0.288 e. The van der Waals surface area contributed by atoms with Gasteiger partial charge in [0.1, 0.15) is 12.7 Å². The fourth-order valence-electron chi connectivity index (χ4n) is 2.49. The van der Waals surface area contributed by atoms with Gasteiger partial charge in [-0.25, -0.2) is 4.39 Å². The van der Waals surface area contributed by atoms with Gasteiger partial charge < -0.3 is 0 Å². The molecule has 1 atom stereocenters. The molecule has 0 aliphatic carbocycles. The number of anilines is 1. The molecule has 0 aromatic heterocycles. The number of carbonyl (C=O) groups is 1. The minimum atomic E-state index is -0.650. The molecule has 0 fully saturated rings. The average Bonchev–Trinajstić information content (AvgIpc) is 2.60. The van der Waals surface area contributed by atoms with Gasteiger partial charge in [-0.3, -0.25) is 9.69 Å². The first kappa shape index (κ1) is 14.0. The number of nitrogens with zero attached hydrogens (tertiary/aromatic N) is 2. The van der Waals surface area contributed by atoms with E-state index in [0.29, 0.717) is 16.8 Å². The first-order valence-corrected chi connectivity index (χ1v) is 6.90. The number of hydrogen-bond donors (Lipinski definition) is 0. The third kappa shape index (κ3) is 2.38. The summed E-state index contributed by atoms with van der Waals surface area (Å²) in [6, 6.07) is 15.3. The Balaban J connectivity index is 2.02. The van der Waals surface area contributed by atoms with Crippen LogP contribution in [0.4, 0.5) is 10.1 Å². The molecule has 3 nitrogen and oxygen atoms in total. The van der Waals surface area contributed by atoms with Crippen LogP contribution in [0.2, 0.25) is 0 Å². The molecule has 1 unspecified atom stereocenters. The number of carbonyl (C=O) groups excluding carboxylic acids is 1. The zero-order chi connectivity index (χ0) is 15.5. The fourth-order valence-corrected chi connectivity index (χ4v) is 2.49. The van der Waals surface area contributed by atoms with E-state index in [0.717, 1.165) is 5.56 Å². The molecule has 22 heavy (non-hydrogen) atoms. The number of para-hydroxylation sites is 1. The Morgan fingerprint density at radius 2 is 1.91 bits per heavy atom. The highest BCUT2D eigenvalue weighted by Crippen LogP contribution is 2.30. The van der Waals surface area contributed by atoms with Crippen molar-refractivity contribution in [2.75, 3.05) is 4.90 Å². The number of rotatable bonds is 2. The smallest absolute Gasteiger partial charge is 0.259 e. The van der Waals surface area contributed by atoms with Gasteiger partial charge in [-0.05, 0) is 35.4 Å². The van der Waals surface area contributed by atoms with Crippen LogP contribution in [0, 0.1) is 11.3 Å². The van der Waals surface area contributed by atoms with Crippen molar-refractivity contribution in [1.82, 2.24) is 0 Å². The van der Waals surface area contributed by atoms with E-state index in [-0.39, 0.29) is 5.91 Å². The maximum atomic E-state index is 12.8. The first-order valence-electron chi connectivity index (χ1n) is 6.90. The number of amides is 1. The summed E-state index contributed by atoms with van der Waals surface area (Å²) >= 11 is 0. The molecule has 1 aliphatic rings. The topological polar surface area (TPSA) is 44.1 Å². The molecule has 0 spiro atoms. The van der Waals surface area contributed by atoms with Crippen LogP contribution in [0.5, 0.6) is 0 Å². The number of nitriles is 1. The highest BCUT2D eigenvalue weighted by Gasteiger charge is 2.28. The average molecular weight is 292 g/mol. The normalized spacial score (nSPS) is 16.0. The van der Waals surface area contributed by atoms with Gasteiger partial charge in [0, 0.05) is 5.56 Å². The van der Waals surface area contributed by atoms with E-state index in [9.17, 15) is 14.4 Å². The maximum absolute atomic E-state index is 12.8. The largest absolute Gasteiger partial charge is 0.288 e. The number of halogens is 1. The van der Waals surface area contributed by atoms with Crippen LogP contribution in [0.15, 0.2) is 54.6 Å². The Kier molecular flexibility index (Phi) is 3.71. The molecular formula is C18H13FN2O. The Hall–Kier alpha value is -2.93. The zero-order valence-electron chi connectivity index (χ0n) is 11.7. The highest BCUT2D eigenvalue weighted by molar-refractivity contribution is 6.08. The lowest BCUT2D eigenvalue weighted by atomic mass is 10.0. The zero-order valence-corrected chi connectivity index (χ0v) is 11.7. The Morgan fingerprint density at radius 3 is 2.59 bits per heavy atom. The van der Waals surface area contributed by atoms with Crippen molar-refractivity contribution in [3.8, 4) is 6.07 Å². The summed E-state index contributed by atoms with van der Waals surface area (Å²) in [6.45, 7) is -0.565. The molecule has 0 saturated heterocycles. The van der Waals surface area contributed by atoms with Crippen molar-refractivity contribution in [2.45, 2.75) is 12.7 Å². The van der Waals surface area contributed by atoms with E-state index < -0.39 is 12.7 Å². The highest BCUT2D eigenvalue weighted by atomic mass is 19.1. The summed E-state index contributed by atoms with van der Waals surface area (Å²) in [6.07, 6.45) is 3.55. The summed E-state index contributed by atoms with van der Waals surface area (Å²) in [5.41, 5.74) is 2.55. The van der Waals surface area contributed by atoms with Gasteiger partial charge in [0.05, 0.1) is 11.8 Å². The molecule has 108 valence electrons. The first-order chi connectivity index (χ1) is 10.7. The van der Waals surface area contributed by atoms with Gasteiger partial charge in [0.25, 0.3) is 5.91 Å². The summed E-state index contributed by atoms with van der Waals surface area (Å²) in [4.78, 5) is 14.3. The Morgan fingerprint density at radius 1 is 1.18 bits per heavy atom. The van der Waals surface area contributed by atoms with Crippen molar-refractivity contribution >= 4 is 17.7 Å². The molecule has 4 heteroatoms. The van der Waals surface area contributed by atoms with Gasteiger partial charge in [0.15, 0.2) is 0 Å². The second-order valence-electron chi connectivity index (χ2n) is 5.00. The number of hydrogen-bond acceptors (Lipinski definition) is 2. The second-order valence-corrected chi connectivity index (χ2v) is 5.00. The van der Waals surface area contributed by atoms with Gasteiger partial charge >= 0.3 is 0 Å². The van der Waals surface area contributed by atoms with Crippen LogP contribution in [0.1, 0.15) is 21.5 Å². The van der Waals surface area contributed by atoms with E-state index in [2.05, 4.69) is 6.07 Å². The van der Waals surface area contributed by atoms with E-state index in [1.54, 1.807) is 30.3 Å². The molecule has 3 rings (SSSR count). The monoisotopic (exact) mass is 292 g/mol. The van der Waals surface area contributed by atoms with Gasteiger partial charge in [-0.2, -0.15) is 5.26 Å². The van der Waals surface area contributed by atoms with Crippen molar-refractivity contribution in [2.24, 2.45) is 0 Å². The summed E-state index contributed by atoms with van der Waals surface area (Å²) in [7, 11) is 0. The maximum Gasteiger partial charge on any atom is 0.259 e. The van der Waals surface area contributed by atoms with E-state index in [1.165, 1.54) is 4.90 Å². The van der Waals surface area contributed by atoms with Crippen LogP contribution in [-0.4, -0.2) is 11.9 Å². The third-order valence-corrected chi connectivity index (χ3v) is 3.64. The Bertz CT molecular complexity index is 774. The second kappa shape index (κ2) is 5.82. The number of alkyl halides is 1. The van der Waals surface area contributed by atoms with Crippen LogP contribution < -0.4 is 4.90 Å². The number of fused-ring (bicyclic) bond motifs is 1. The molecule has 1 aliphatic heterocycles. The molecule has 1 heterocycles. The molecular weight excluding hydrogens is 279 g/mol. The van der Waals surface area contributed by atoms with Crippen LogP contribution in [-0.2, 0) is 6.67 Å². The van der Waals surface area contributed by atoms with E-state index in [1.807, 2.05) is 30.3 Å². The molecule has 2 aromatic carbocycles. The van der Waals surface area contributed by atoms with Gasteiger partial charge in [-0.1, -0.05) is 36.4 Å².